The van der Waals surface area contributed by atoms with E-state index in [1.165, 1.54) is 14.2 Å². The molecule has 3 amide bonds. The first-order valence-electron chi connectivity index (χ1n) is 8.73. The highest BCUT2D eigenvalue weighted by atomic mass is 16.5. The Morgan fingerprint density at radius 2 is 1.61 bits per heavy atom. The van der Waals surface area contributed by atoms with Gasteiger partial charge in [-0.05, 0) is 30.7 Å². The van der Waals surface area contributed by atoms with Crippen LogP contribution < -0.4 is 25.4 Å². The van der Waals surface area contributed by atoms with Crippen molar-refractivity contribution in [2.45, 2.75) is 27.7 Å². The van der Waals surface area contributed by atoms with Gasteiger partial charge in [0.1, 0.15) is 5.69 Å². The Labute approximate surface area is 164 Å². The predicted octanol–water partition coefficient (Wildman–Crippen LogP) is 4.04. The van der Waals surface area contributed by atoms with E-state index in [2.05, 4.69) is 20.9 Å². The topological polar surface area (TPSA) is 102 Å². The number of anilines is 3. The summed E-state index contributed by atoms with van der Waals surface area (Å²) in [5, 5.41) is 8.32. The van der Waals surface area contributed by atoms with Crippen LogP contribution in [-0.2, 0) is 4.79 Å². The van der Waals surface area contributed by atoms with Crippen LogP contribution in [0.4, 0.5) is 21.9 Å². The molecule has 8 heteroatoms. The molecule has 0 aliphatic heterocycles. The molecule has 2 aromatic rings. The number of carbonyl (C=O) groups is 2. The maximum atomic E-state index is 12.4. The number of aromatic nitrogens is 1. The van der Waals surface area contributed by atoms with E-state index in [0.717, 1.165) is 5.56 Å². The number of carbonyl (C=O) groups excluding carboxylic acids is 2. The summed E-state index contributed by atoms with van der Waals surface area (Å²) >= 11 is 0. The lowest BCUT2D eigenvalue weighted by Gasteiger charge is -2.18. The van der Waals surface area contributed by atoms with Crippen LogP contribution in [0.3, 0.4) is 0 Å². The molecular formula is C20H26N4O4. The summed E-state index contributed by atoms with van der Waals surface area (Å²) in [7, 11) is 2.95. The van der Waals surface area contributed by atoms with E-state index in [-0.39, 0.29) is 11.8 Å². The van der Waals surface area contributed by atoms with E-state index in [4.69, 9.17) is 9.47 Å². The summed E-state index contributed by atoms with van der Waals surface area (Å²) in [4.78, 5) is 28.7. The van der Waals surface area contributed by atoms with Gasteiger partial charge >= 0.3 is 6.03 Å². The summed E-state index contributed by atoms with van der Waals surface area (Å²) in [5.41, 5.74) is 1.90. The number of methoxy groups -OCH3 is 2. The Bertz CT molecular complexity index is 875. The Morgan fingerprint density at radius 3 is 2.21 bits per heavy atom. The number of rotatable bonds is 5. The maximum absolute atomic E-state index is 12.4. The van der Waals surface area contributed by atoms with E-state index in [1.807, 2.05) is 33.8 Å². The highest BCUT2D eigenvalue weighted by Crippen LogP contribution is 2.26. The SMILES string of the molecule is COc1ccc(NC(=O)Nc2cc(NC(=O)C(C)(C)C)ccc2C)c(OC)n1. The molecule has 8 nitrogen and oxygen atoms in total. The summed E-state index contributed by atoms with van der Waals surface area (Å²) < 4.78 is 10.2. The van der Waals surface area contributed by atoms with Crippen molar-refractivity contribution in [3.05, 3.63) is 35.9 Å². The first-order valence-corrected chi connectivity index (χ1v) is 8.73. The standard InChI is InChI=1S/C20H26N4O4/c1-12-7-8-13(21-18(25)20(2,3)4)11-15(12)23-19(26)22-14-9-10-16(27-5)24-17(14)28-6/h7-11H,1-6H3,(H,21,25)(H2,22,23,26). The van der Waals surface area contributed by atoms with Gasteiger partial charge < -0.3 is 25.4 Å². The van der Waals surface area contributed by atoms with Crippen molar-refractivity contribution in [3.63, 3.8) is 0 Å². The molecule has 0 radical (unpaired) electrons. The summed E-state index contributed by atoms with van der Waals surface area (Å²) in [6, 6.07) is 8.11. The number of aryl methyl sites for hydroxylation is 1. The van der Waals surface area contributed by atoms with Crippen LogP contribution in [0.15, 0.2) is 30.3 Å². The Kier molecular flexibility index (Phi) is 6.45. The van der Waals surface area contributed by atoms with Gasteiger partial charge in [0.15, 0.2) is 0 Å². The van der Waals surface area contributed by atoms with E-state index < -0.39 is 11.4 Å². The third-order valence-electron chi connectivity index (χ3n) is 3.91. The second-order valence-corrected chi connectivity index (χ2v) is 7.22. The van der Waals surface area contributed by atoms with Crippen LogP contribution in [0, 0.1) is 12.3 Å². The fourth-order valence-electron chi connectivity index (χ4n) is 2.22. The molecule has 2 rings (SSSR count). The quantitative estimate of drug-likeness (QED) is 0.720. The maximum Gasteiger partial charge on any atom is 0.323 e. The van der Waals surface area contributed by atoms with Crippen molar-refractivity contribution in [2.75, 3.05) is 30.2 Å². The molecule has 150 valence electrons. The molecule has 0 aliphatic rings. The predicted molar refractivity (Wildman–Crippen MR) is 109 cm³/mol. The molecule has 0 saturated heterocycles. The number of amides is 3. The molecule has 0 spiro atoms. The number of ether oxygens (including phenoxy) is 2. The average molecular weight is 386 g/mol. The van der Waals surface area contributed by atoms with Gasteiger partial charge in [0.2, 0.25) is 17.7 Å². The molecular weight excluding hydrogens is 360 g/mol. The fourth-order valence-corrected chi connectivity index (χ4v) is 2.22. The van der Waals surface area contributed by atoms with Crippen LogP contribution in [-0.4, -0.2) is 31.1 Å². The van der Waals surface area contributed by atoms with Crippen LogP contribution in [0.25, 0.3) is 0 Å². The largest absolute Gasteiger partial charge is 0.481 e. The van der Waals surface area contributed by atoms with Crippen molar-refractivity contribution < 1.29 is 19.1 Å². The second-order valence-electron chi connectivity index (χ2n) is 7.22. The van der Waals surface area contributed by atoms with Gasteiger partial charge in [-0.25, -0.2) is 4.79 Å². The minimum absolute atomic E-state index is 0.110. The molecule has 28 heavy (non-hydrogen) atoms. The first kappa shape index (κ1) is 21.0. The van der Waals surface area contributed by atoms with Gasteiger partial charge in [-0.2, -0.15) is 4.98 Å². The summed E-state index contributed by atoms with van der Waals surface area (Å²) in [6.45, 7) is 7.36. The number of benzene rings is 1. The van der Waals surface area contributed by atoms with Gasteiger partial charge in [-0.1, -0.05) is 26.8 Å². The Morgan fingerprint density at radius 1 is 0.929 bits per heavy atom. The lowest BCUT2D eigenvalue weighted by Crippen LogP contribution is -2.27. The van der Waals surface area contributed by atoms with Crippen LogP contribution >= 0.6 is 0 Å². The van der Waals surface area contributed by atoms with E-state index >= 15 is 0 Å². The fraction of sp³-hybridized carbons (Fsp3) is 0.350. The van der Waals surface area contributed by atoms with Crippen molar-refractivity contribution in [1.29, 1.82) is 0 Å². The van der Waals surface area contributed by atoms with E-state index in [0.29, 0.717) is 22.9 Å². The molecule has 1 heterocycles. The lowest BCUT2D eigenvalue weighted by molar-refractivity contribution is -0.123. The Hall–Kier alpha value is -3.29. The average Bonchev–Trinajstić information content (AvgIpc) is 2.63. The zero-order valence-electron chi connectivity index (χ0n) is 17.0. The third kappa shape index (κ3) is 5.35. The van der Waals surface area contributed by atoms with Gasteiger partial charge in [0.25, 0.3) is 0 Å². The van der Waals surface area contributed by atoms with Crippen LogP contribution in [0.1, 0.15) is 26.3 Å². The van der Waals surface area contributed by atoms with E-state index in [1.54, 1.807) is 24.3 Å². The molecule has 1 aromatic heterocycles. The number of nitrogens with one attached hydrogen (secondary N) is 3. The van der Waals surface area contributed by atoms with Crippen LogP contribution in [0.5, 0.6) is 11.8 Å². The van der Waals surface area contributed by atoms with Gasteiger partial charge in [0, 0.05) is 22.9 Å². The minimum Gasteiger partial charge on any atom is -0.481 e. The number of hydrogen-bond donors (Lipinski definition) is 3. The van der Waals surface area contributed by atoms with Crippen LogP contribution in [0.2, 0.25) is 0 Å². The molecule has 1 aromatic carbocycles. The number of urea groups is 1. The zero-order chi connectivity index (χ0) is 20.9. The number of pyridine rings is 1. The van der Waals surface area contributed by atoms with Crippen molar-refractivity contribution in [1.82, 2.24) is 4.98 Å². The monoisotopic (exact) mass is 386 g/mol. The molecule has 0 aliphatic carbocycles. The normalized spacial score (nSPS) is 10.8. The Balaban J connectivity index is 2.13. The molecule has 0 atom stereocenters. The second kappa shape index (κ2) is 8.60. The molecule has 0 saturated carbocycles. The van der Waals surface area contributed by atoms with Gasteiger partial charge in [0.05, 0.1) is 14.2 Å². The van der Waals surface area contributed by atoms with Crippen molar-refractivity contribution in [2.24, 2.45) is 5.41 Å². The van der Waals surface area contributed by atoms with E-state index in [9.17, 15) is 9.59 Å². The molecule has 0 bridgehead atoms. The van der Waals surface area contributed by atoms with Crippen molar-refractivity contribution >= 4 is 29.0 Å². The number of hydrogen-bond acceptors (Lipinski definition) is 5. The highest BCUT2D eigenvalue weighted by molar-refractivity contribution is 6.02. The van der Waals surface area contributed by atoms with Gasteiger partial charge in [-0.15, -0.1) is 0 Å². The zero-order valence-corrected chi connectivity index (χ0v) is 17.0. The highest BCUT2D eigenvalue weighted by Gasteiger charge is 2.21. The van der Waals surface area contributed by atoms with Gasteiger partial charge in [-0.3, -0.25) is 4.79 Å². The molecule has 3 N–H and O–H groups in total. The molecule has 0 unspecified atom stereocenters. The minimum atomic E-state index is -0.520. The summed E-state index contributed by atoms with van der Waals surface area (Å²) in [6.07, 6.45) is 0. The smallest absolute Gasteiger partial charge is 0.323 e. The lowest BCUT2D eigenvalue weighted by atomic mass is 9.95. The first-order chi connectivity index (χ1) is 13.1. The summed E-state index contributed by atoms with van der Waals surface area (Å²) in [5.74, 6) is 0.499. The van der Waals surface area contributed by atoms with Crippen molar-refractivity contribution in [3.8, 4) is 11.8 Å². The number of nitrogens with zero attached hydrogens (tertiary/aromatic N) is 1. The molecule has 0 fully saturated rings. The third-order valence-corrected chi connectivity index (χ3v) is 3.91.